The molecule has 0 spiro atoms. The van der Waals surface area contributed by atoms with Crippen LogP contribution in [-0.2, 0) is 6.54 Å². The molecule has 0 unspecified atom stereocenters. The molecule has 1 aromatic heterocycles. The lowest BCUT2D eigenvalue weighted by molar-refractivity contribution is 0.0691. The molecule has 1 heterocycles. The predicted octanol–water partition coefficient (Wildman–Crippen LogP) is 2.85. The maximum Gasteiger partial charge on any atom is 0.358 e. The smallest absolute Gasteiger partial charge is 0.358 e. The third kappa shape index (κ3) is 3.34. The van der Waals surface area contributed by atoms with Crippen molar-refractivity contribution < 1.29 is 23.8 Å². The second-order valence-electron chi connectivity index (χ2n) is 5.45. The monoisotopic (exact) mass is 357 g/mol. The van der Waals surface area contributed by atoms with Crippen LogP contribution in [0.4, 0.5) is 4.39 Å². The van der Waals surface area contributed by atoms with E-state index in [-0.39, 0.29) is 18.0 Å². The maximum absolute atomic E-state index is 13.9. The second-order valence-corrected chi connectivity index (χ2v) is 5.45. The average Bonchev–Trinajstić information content (AvgIpc) is 3.06. The number of ether oxygens (including phenoxy) is 2. The number of carboxylic acids is 1. The molecule has 2 aromatic carbocycles. The summed E-state index contributed by atoms with van der Waals surface area (Å²) in [6.45, 7) is 0.147. The number of carboxylic acid groups (broad SMARTS) is 1. The van der Waals surface area contributed by atoms with Gasteiger partial charge in [-0.3, -0.25) is 0 Å². The summed E-state index contributed by atoms with van der Waals surface area (Å²) < 4.78 is 25.4. The van der Waals surface area contributed by atoms with Gasteiger partial charge in [0.1, 0.15) is 11.4 Å². The van der Waals surface area contributed by atoms with E-state index < -0.39 is 11.8 Å². The average molecular weight is 357 g/mol. The minimum Gasteiger partial charge on any atom is -0.497 e. The number of nitrogens with zero attached hydrogens (tertiary/aromatic N) is 3. The molecule has 0 amide bonds. The minimum atomic E-state index is -1.20. The van der Waals surface area contributed by atoms with Crippen LogP contribution in [0.15, 0.2) is 42.5 Å². The molecule has 134 valence electrons. The molecule has 0 saturated carbocycles. The quantitative estimate of drug-likeness (QED) is 0.730. The van der Waals surface area contributed by atoms with E-state index in [1.807, 2.05) is 0 Å². The van der Waals surface area contributed by atoms with Crippen LogP contribution in [0.2, 0.25) is 0 Å². The number of rotatable bonds is 6. The zero-order valence-corrected chi connectivity index (χ0v) is 14.1. The van der Waals surface area contributed by atoms with Crippen molar-refractivity contribution in [1.82, 2.24) is 15.0 Å². The van der Waals surface area contributed by atoms with Crippen molar-refractivity contribution in [2.24, 2.45) is 0 Å². The first-order valence-corrected chi connectivity index (χ1v) is 7.67. The van der Waals surface area contributed by atoms with Crippen LogP contribution in [0, 0.1) is 5.82 Å². The fourth-order valence-corrected chi connectivity index (χ4v) is 2.61. The van der Waals surface area contributed by atoms with Gasteiger partial charge in [0.15, 0.2) is 17.3 Å². The zero-order valence-electron chi connectivity index (χ0n) is 14.1. The van der Waals surface area contributed by atoms with Crippen LogP contribution in [0.1, 0.15) is 16.1 Å². The van der Waals surface area contributed by atoms with Gasteiger partial charge < -0.3 is 14.6 Å². The second kappa shape index (κ2) is 7.22. The van der Waals surface area contributed by atoms with Crippen LogP contribution >= 0.6 is 0 Å². The van der Waals surface area contributed by atoms with Gasteiger partial charge in [0.2, 0.25) is 0 Å². The number of benzene rings is 2. The van der Waals surface area contributed by atoms with Crippen molar-refractivity contribution in [2.45, 2.75) is 6.54 Å². The molecule has 0 aliphatic rings. The van der Waals surface area contributed by atoms with Crippen molar-refractivity contribution in [2.75, 3.05) is 14.2 Å². The number of aromatic carboxylic acids is 1. The molecular weight excluding hydrogens is 341 g/mol. The van der Waals surface area contributed by atoms with E-state index in [2.05, 4.69) is 10.3 Å². The molecule has 7 nitrogen and oxygen atoms in total. The molecule has 26 heavy (non-hydrogen) atoms. The van der Waals surface area contributed by atoms with Crippen LogP contribution in [-0.4, -0.2) is 40.3 Å². The summed E-state index contributed by atoms with van der Waals surface area (Å²) in [6.07, 6.45) is 0. The Kier molecular flexibility index (Phi) is 4.83. The summed E-state index contributed by atoms with van der Waals surface area (Å²) in [7, 11) is 2.91. The minimum absolute atomic E-state index is 0.131. The maximum atomic E-state index is 13.9. The van der Waals surface area contributed by atoms with Gasteiger partial charge in [-0.15, -0.1) is 5.10 Å². The predicted molar refractivity (Wildman–Crippen MR) is 91.0 cm³/mol. The van der Waals surface area contributed by atoms with Crippen LogP contribution in [0.25, 0.3) is 11.3 Å². The summed E-state index contributed by atoms with van der Waals surface area (Å²) in [5.74, 6) is -1.00. The largest absolute Gasteiger partial charge is 0.497 e. The first-order valence-electron chi connectivity index (χ1n) is 7.67. The molecule has 3 rings (SSSR count). The van der Waals surface area contributed by atoms with Gasteiger partial charge >= 0.3 is 5.97 Å². The SMILES string of the molecule is COc1cccc(-c2c(C(=O)O)nnn2Cc2ccc(OC)c(F)c2)c1. The van der Waals surface area contributed by atoms with Gasteiger partial charge in [-0.05, 0) is 29.8 Å². The highest BCUT2D eigenvalue weighted by molar-refractivity contribution is 5.92. The summed E-state index contributed by atoms with van der Waals surface area (Å²) in [6, 6.07) is 11.4. The Balaban J connectivity index is 2.05. The number of hydrogen-bond donors (Lipinski definition) is 1. The van der Waals surface area contributed by atoms with E-state index in [1.165, 1.54) is 31.0 Å². The number of halogens is 1. The molecule has 0 aliphatic carbocycles. The highest BCUT2D eigenvalue weighted by Gasteiger charge is 2.21. The van der Waals surface area contributed by atoms with E-state index >= 15 is 0 Å². The Labute approximate surface area is 148 Å². The first-order chi connectivity index (χ1) is 12.5. The van der Waals surface area contributed by atoms with E-state index in [0.717, 1.165) is 0 Å². The standard InChI is InChI=1S/C18H16FN3O4/c1-25-13-5-3-4-12(9-13)17-16(18(23)24)20-21-22(17)10-11-6-7-15(26-2)14(19)8-11/h3-9H,10H2,1-2H3,(H,23,24). The highest BCUT2D eigenvalue weighted by Crippen LogP contribution is 2.27. The Bertz CT molecular complexity index is 955. The van der Waals surface area contributed by atoms with E-state index in [0.29, 0.717) is 22.6 Å². The third-order valence-electron chi connectivity index (χ3n) is 3.83. The molecule has 1 N–H and O–H groups in total. The van der Waals surface area contributed by atoms with Crippen molar-refractivity contribution >= 4 is 5.97 Å². The van der Waals surface area contributed by atoms with E-state index in [4.69, 9.17) is 9.47 Å². The topological polar surface area (TPSA) is 86.5 Å². The van der Waals surface area contributed by atoms with Gasteiger partial charge in [0.05, 0.1) is 20.8 Å². The summed E-state index contributed by atoms with van der Waals surface area (Å²) in [5, 5.41) is 17.1. The molecule has 8 heteroatoms. The zero-order chi connectivity index (χ0) is 18.7. The first kappa shape index (κ1) is 17.4. The van der Waals surface area contributed by atoms with Gasteiger partial charge in [0.25, 0.3) is 0 Å². The normalized spacial score (nSPS) is 10.6. The van der Waals surface area contributed by atoms with Crippen molar-refractivity contribution in [3.05, 3.63) is 59.5 Å². The molecule has 3 aromatic rings. The lowest BCUT2D eigenvalue weighted by atomic mass is 10.1. The fourth-order valence-electron chi connectivity index (χ4n) is 2.61. The van der Waals surface area contributed by atoms with Crippen LogP contribution in [0.3, 0.4) is 0 Å². The summed E-state index contributed by atoms with van der Waals surface area (Å²) in [4.78, 5) is 11.5. The molecule has 0 atom stereocenters. The number of aromatic nitrogens is 3. The van der Waals surface area contributed by atoms with Crippen molar-refractivity contribution in [3.63, 3.8) is 0 Å². The fraction of sp³-hybridized carbons (Fsp3) is 0.167. The van der Waals surface area contributed by atoms with E-state index in [1.54, 1.807) is 30.3 Å². The van der Waals surface area contributed by atoms with Gasteiger partial charge in [-0.2, -0.15) is 0 Å². The van der Waals surface area contributed by atoms with Crippen LogP contribution in [0.5, 0.6) is 11.5 Å². The van der Waals surface area contributed by atoms with E-state index in [9.17, 15) is 14.3 Å². The molecule has 0 fully saturated rings. The Morgan fingerprint density at radius 3 is 2.65 bits per heavy atom. The Morgan fingerprint density at radius 2 is 2.00 bits per heavy atom. The molecular formula is C18H16FN3O4. The van der Waals surface area contributed by atoms with Crippen molar-refractivity contribution in [3.8, 4) is 22.8 Å². The molecule has 0 bridgehead atoms. The Morgan fingerprint density at radius 1 is 1.19 bits per heavy atom. The van der Waals surface area contributed by atoms with Gasteiger partial charge in [0, 0.05) is 5.56 Å². The van der Waals surface area contributed by atoms with Crippen LogP contribution < -0.4 is 9.47 Å². The third-order valence-corrected chi connectivity index (χ3v) is 3.83. The van der Waals surface area contributed by atoms with Crippen molar-refractivity contribution in [1.29, 1.82) is 0 Å². The molecule has 0 aliphatic heterocycles. The summed E-state index contributed by atoms with van der Waals surface area (Å²) >= 11 is 0. The lowest BCUT2D eigenvalue weighted by Gasteiger charge is -2.10. The number of methoxy groups -OCH3 is 2. The number of carbonyl (C=O) groups is 1. The molecule has 0 radical (unpaired) electrons. The Hall–Kier alpha value is -3.42. The molecule has 0 saturated heterocycles. The lowest BCUT2D eigenvalue weighted by Crippen LogP contribution is -2.06. The van der Waals surface area contributed by atoms with Gasteiger partial charge in [-0.1, -0.05) is 23.4 Å². The number of hydrogen-bond acceptors (Lipinski definition) is 5. The van der Waals surface area contributed by atoms with Gasteiger partial charge in [-0.25, -0.2) is 13.9 Å². The summed E-state index contributed by atoms with van der Waals surface area (Å²) in [5.41, 5.74) is 1.30. The highest BCUT2D eigenvalue weighted by atomic mass is 19.1.